The highest BCUT2D eigenvalue weighted by Gasteiger charge is 2.55. The van der Waals surface area contributed by atoms with Gasteiger partial charge in [-0.25, -0.2) is 0 Å². The molecule has 1 N–H and O–H groups in total. The molecule has 0 radical (unpaired) electrons. The summed E-state index contributed by atoms with van der Waals surface area (Å²) in [6, 6.07) is 69.5. The summed E-state index contributed by atoms with van der Waals surface area (Å²) in [5.41, 5.74) is 13.6. The van der Waals surface area contributed by atoms with Gasteiger partial charge in [0.25, 0.3) is 21.9 Å². The maximum Gasteiger partial charge on any atom is 0.264 e. The zero-order valence-electron chi connectivity index (χ0n) is 62.2. The van der Waals surface area contributed by atoms with Crippen LogP contribution in [0, 0.1) is 35.5 Å². The summed E-state index contributed by atoms with van der Waals surface area (Å²) in [7, 11) is -3.59. The summed E-state index contributed by atoms with van der Waals surface area (Å²) < 4.78 is 66.5. The molecule has 7 aliphatic rings. The van der Waals surface area contributed by atoms with Crippen LogP contribution in [0.1, 0.15) is 145 Å². The van der Waals surface area contributed by atoms with Crippen LogP contribution in [0.5, 0.6) is 17.2 Å². The molecule has 1 saturated heterocycles. The Kier molecular flexibility index (Phi) is 21.3. The lowest BCUT2D eigenvalue weighted by Gasteiger charge is -2.39. The Hall–Kier alpha value is -10.6. The van der Waals surface area contributed by atoms with Crippen LogP contribution >= 0.6 is 0 Å². The Morgan fingerprint density at radius 3 is 1.05 bits per heavy atom. The fourth-order valence-electron chi connectivity index (χ4n) is 19.2. The first-order chi connectivity index (χ1) is 54.4. The maximum atomic E-state index is 11.2. The lowest BCUT2D eigenvalue weighted by atomic mass is 9.64. The molecule has 9 atom stereocenters. The Balaban J connectivity index is 0.000000121. The number of aromatic nitrogens is 9. The van der Waals surface area contributed by atoms with Crippen LogP contribution < -0.4 is 14.2 Å². The average molecular weight is 1510 g/mol. The summed E-state index contributed by atoms with van der Waals surface area (Å²) in [6.07, 6.45) is 21.5. The van der Waals surface area contributed by atoms with Crippen LogP contribution in [0.4, 0.5) is 0 Å². The fraction of sp³-hybridized carbons (Fsp3) is 0.360. The van der Waals surface area contributed by atoms with Crippen molar-refractivity contribution < 1.29 is 50.2 Å². The molecule has 21 nitrogen and oxygen atoms in total. The summed E-state index contributed by atoms with van der Waals surface area (Å²) in [5, 5.41) is 21.5. The number of fused-ring (bicyclic) bond motifs is 6. The summed E-state index contributed by atoms with van der Waals surface area (Å²) in [6.45, 7) is 4.82. The first kappa shape index (κ1) is 73.2. The Morgan fingerprint density at radius 1 is 0.414 bits per heavy atom. The monoisotopic (exact) mass is 1510 g/mol. The van der Waals surface area contributed by atoms with E-state index in [1.165, 1.54) is 104 Å². The van der Waals surface area contributed by atoms with E-state index < -0.39 is 10.1 Å². The third kappa shape index (κ3) is 15.9. The zero-order chi connectivity index (χ0) is 75.2. The number of aliphatic hydroxyl groups excluding tert-OH is 1. The van der Waals surface area contributed by atoms with E-state index in [1.54, 1.807) is 18.6 Å². The second-order valence-corrected chi connectivity index (χ2v) is 32.5. The molecule has 7 fully saturated rings. The van der Waals surface area contributed by atoms with E-state index in [9.17, 15) is 13.5 Å². The predicted octanol–water partition coefficient (Wildman–Crippen LogP) is 16.3. The molecule has 0 spiro atoms. The van der Waals surface area contributed by atoms with E-state index in [-0.39, 0.29) is 41.2 Å². The minimum Gasteiger partial charge on any atom is -0.487 e. The normalized spacial score (nSPS) is 23.5. The van der Waals surface area contributed by atoms with Crippen LogP contribution in [0.2, 0.25) is 0 Å². The van der Waals surface area contributed by atoms with Gasteiger partial charge in [0, 0.05) is 64.6 Å². The van der Waals surface area contributed by atoms with Crippen molar-refractivity contribution in [1.29, 1.82) is 0 Å². The number of hydrogen-bond donors (Lipinski definition) is 1. The quantitative estimate of drug-likeness (QED) is 0.0551. The van der Waals surface area contributed by atoms with Crippen molar-refractivity contribution >= 4 is 10.1 Å². The van der Waals surface area contributed by atoms with E-state index in [1.807, 2.05) is 66.7 Å². The summed E-state index contributed by atoms with van der Waals surface area (Å²) in [4.78, 5) is 28.5. The molecule has 1 aliphatic heterocycles. The number of morpholine rings is 1. The van der Waals surface area contributed by atoms with Crippen molar-refractivity contribution in [2.45, 2.75) is 133 Å². The van der Waals surface area contributed by atoms with Crippen molar-refractivity contribution in [1.82, 2.24) is 50.3 Å². The zero-order valence-corrected chi connectivity index (χ0v) is 63.0. The first-order valence-electron chi connectivity index (χ1n) is 38.9. The van der Waals surface area contributed by atoms with Gasteiger partial charge in [0.15, 0.2) is 0 Å². The van der Waals surface area contributed by atoms with Crippen molar-refractivity contribution in [3.63, 3.8) is 0 Å². The first-order valence-corrected chi connectivity index (χ1v) is 40.7. The second kappa shape index (κ2) is 32.4. The van der Waals surface area contributed by atoms with Gasteiger partial charge >= 0.3 is 0 Å². The minimum absolute atomic E-state index is 0.0223. The molecular formula is C89H90N10O11S. The number of benzene rings is 6. The number of nitrogens with zero attached hydrogens (tertiary/aromatic N) is 10. The minimum atomic E-state index is -3.59. The summed E-state index contributed by atoms with van der Waals surface area (Å²) in [5.74, 6) is 9.39. The molecule has 568 valence electrons. The Morgan fingerprint density at radius 2 is 0.748 bits per heavy atom. The van der Waals surface area contributed by atoms with Gasteiger partial charge in [-0.1, -0.05) is 162 Å². The fourth-order valence-corrected chi connectivity index (χ4v) is 19.6. The molecule has 12 aromatic rings. The van der Waals surface area contributed by atoms with Gasteiger partial charge < -0.3 is 37.6 Å². The smallest absolute Gasteiger partial charge is 0.264 e. The van der Waals surface area contributed by atoms with Gasteiger partial charge in [-0.2, -0.15) is 23.4 Å². The average Bonchev–Trinajstić information content (AvgIpc) is 1.61. The summed E-state index contributed by atoms with van der Waals surface area (Å²) >= 11 is 0. The molecule has 22 heteroatoms. The molecule has 3 unspecified atom stereocenters. The van der Waals surface area contributed by atoms with Crippen molar-refractivity contribution in [2.24, 2.45) is 35.5 Å². The van der Waals surface area contributed by atoms with Crippen LogP contribution in [-0.2, 0) is 74.9 Å². The van der Waals surface area contributed by atoms with E-state index in [2.05, 4.69) is 184 Å². The maximum absolute atomic E-state index is 11.2. The molecule has 6 aromatic heterocycles. The van der Waals surface area contributed by atoms with E-state index in [0.717, 1.165) is 108 Å². The van der Waals surface area contributed by atoms with Crippen LogP contribution in [0.15, 0.2) is 232 Å². The number of aliphatic hydroxyl groups is 1. The lowest BCUT2D eigenvalue weighted by molar-refractivity contribution is 0.0297. The van der Waals surface area contributed by atoms with Crippen molar-refractivity contribution in [2.75, 3.05) is 32.6 Å². The van der Waals surface area contributed by atoms with E-state index >= 15 is 0 Å². The molecule has 111 heavy (non-hydrogen) atoms. The number of hydrogen-bond acceptors (Lipinski definition) is 21. The standard InChI is InChI=1S/C32H34N4O3.C29H29N3O5S.C28H27N3O3/c1-2-14-33-28(3-1)22-38-29-12-10-26(11-13-29)32(20-23-4-7-27(32)19-23)25-8-5-24(6-9-25)31-34-30(39-35-31)21-36-15-17-37-18-16-36;1-38(33,34)36-19-27-31-28(32-37-27)21-6-9-22(10-7-21)29(17-20-5-8-24(29)16-20)23-11-13-26(14-12-23)35-18-25-4-2-3-15-30-25;32-17-26-30-27(31-34-26)20-5-8-21(9-6-20)28(16-19-4-7-23(28)15-19)22-10-12-25(13-11-22)33-18-24-3-1-2-14-29-24/h1-3,5-6,8-14,23,27H,4,7,15-22H2;2-4,6-7,9-15,20,24H,5,8,16-19H2,1H3;1-3,5-6,8-14,19,23,32H,4,7,15-18H2/t23?,27-,32+;20?,24-,29+;19?,23-,28+/m111/s1. The van der Waals surface area contributed by atoms with Crippen LogP contribution in [0.3, 0.4) is 0 Å². The Labute approximate surface area is 646 Å². The predicted molar refractivity (Wildman–Crippen MR) is 415 cm³/mol. The van der Waals surface area contributed by atoms with Gasteiger partial charge in [-0.15, -0.1) is 0 Å². The topological polar surface area (TPSA) is 259 Å². The third-order valence-corrected chi connectivity index (χ3v) is 24.9. The highest BCUT2D eigenvalue weighted by atomic mass is 32.2. The lowest BCUT2D eigenvalue weighted by Crippen LogP contribution is -2.35. The van der Waals surface area contributed by atoms with Gasteiger partial charge in [-0.3, -0.25) is 24.0 Å². The van der Waals surface area contributed by atoms with Gasteiger partial charge in [0.2, 0.25) is 23.4 Å². The van der Waals surface area contributed by atoms with E-state index in [4.69, 9.17) is 36.7 Å². The molecular weight excluding hydrogens is 1420 g/mol. The molecule has 19 rings (SSSR count). The van der Waals surface area contributed by atoms with Gasteiger partial charge in [-0.05, 0) is 199 Å². The largest absolute Gasteiger partial charge is 0.487 e. The van der Waals surface area contributed by atoms with Gasteiger partial charge in [0.1, 0.15) is 50.3 Å². The third-order valence-electron chi connectivity index (χ3n) is 24.4. The Bertz CT molecular complexity index is 5170. The molecule has 6 saturated carbocycles. The highest BCUT2D eigenvalue weighted by molar-refractivity contribution is 7.85. The van der Waals surface area contributed by atoms with E-state index in [0.29, 0.717) is 67.5 Å². The van der Waals surface area contributed by atoms with Crippen LogP contribution in [-0.4, -0.2) is 96.4 Å². The molecule has 7 heterocycles. The molecule has 0 amide bonds. The number of rotatable bonds is 24. The van der Waals surface area contributed by atoms with Crippen LogP contribution in [0.25, 0.3) is 34.2 Å². The number of pyridine rings is 3. The number of ether oxygens (including phenoxy) is 4. The molecule has 6 aromatic carbocycles. The van der Waals surface area contributed by atoms with Gasteiger partial charge in [0.05, 0.1) is 43.1 Å². The molecule has 6 bridgehead atoms. The van der Waals surface area contributed by atoms with Crippen molar-refractivity contribution in [3.05, 3.63) is 287 Å². The second-order valence-electron chi connectivity index (χ2n) is 30.8. The molecule has 6 aliphatic carbocycles. The van der Waals surface area contributed by atoms with Crippen molar-refractivity contribution in [3.8, 4) is 51.4 Å². The SMILES string of the molecule is CS(=O)(=O)OCc1nc(-c2ccc([C@]3(c4ccc(OCc5ccccn5)cc4)CC4CC[C@@H]3C4)cc2)no1.OCc1nc(-c2ccc([C@]3(c4ccc(OCc5ccccn5)cc4)CC4CC[C@@H]3C4)cc2)no1.c1ccc(COc2ccc([C@@]3(c4ccc(-c5noc(CN6CCOCC6)n5)cc4)CC4CC[C@@H]3C4)cc2)nc1. The highest BCUT2D eigenvalue weighted by Crippen LogP contribution is 2.63.